The molecule has 0 bridgehead atoms. The number of carbonyl (C=O) groups is 2. The van der Waals surface area contributed by atoms with Gasteiger partial charge in [-0.1, -0.05) is 6.92 Å². The number of Topliss-reactive ketones (excluding diaryl/α,β-unsaturated/α-hetero) is 1. The Balaban J connectivity index is 4.00. The fourth-order valence-corrected chi connectivity index (χ4v) is 0.589. The number of ketones is 1. The van der Waals surface area contributed by atoms with Crippen LogP contribution in [0.4, 0.5) is 4.39 Å². The van der Waals surface area contributed by atoms with Gasteiger partial charge in [-0.3, -0.25) is 9.18 Å². The van der Waals surface area contributed by atoms with Gasteiger partial charge in [-0.2, -0.15) is 0 Å². The van der Waals surface area contributed by atoms with E-state index in [1.165, 1.54) is 6.92 Å². The van der Waals surface area contributed by atoms with Gasteiger partial charge in [0.05, 0.1) is 12.6 Å². The first-order valence-electron chi connectivity index (χ1n) is 3.15. The largest absolute Gasteiger partial charge is 0.303 e. The molecule has 0 aromatic heterocycles. The minimum atomic E-state index is -0.752. The lowest BCUT2D eigenvalue weighted by Crippen LogP contribution is -2.21. The molecule has 58 valence electrons. The standard InChI is InChI=1S/C7H11FO2/c1-5(6(2)10)7(3-8)4-9/h4-5,7H,3H2,1-2H3. The van der Waals surface area contributed by atoms with Crippen molar-refractivity contribution in [2.24, 2.45) is 11.8 Å². The van der Waals surface area contributed by atoms with E-state index in [-0.39, 0.29) is 5.78 Å². The molecule has 0 N–H and O–H groups in total. The Morgan fingerprint density at radius 2 is 2.20 bits per heavy atom. The molecule has 0 aliphatic heterocycles. The average molecular weight is 146 g/mol. The van der Waals surface area contributed by atoms with Gasteiger partial charge < -0.3 is 4.79 Å². The number of hydrogen-bond acceptors (Lipinski definition) is 2. The molecule has 0 saturated carbocycles. The average Bonchev–Trinajstić information content (AvgIpc) is 1.90. The minimum Gasteiger partial charge on any atom is -0.303 e. The van der Waals surface area contributed by atoms with E-state index in [1.807, 2.05) is 0 Å². The van der Waals surface area contributed by atoms with Gasteiger partial charge in [-0.05, 0) is 6.92 Å². The molecular weight excluding hydrogens is 135 g/mol. The van der Waals surface area contributed by atoms with Crippen LogP contribution < -0.4 is 0 Å². The van der Waals surface area contributed by atoms with Gasteiger partial charge in [0.1, 0.15) is 12.1 Å². The van der Waals surface area contributed by atoms with Crippen molar-refractivity contribution < 1.29 is 14.0 Å². The Morgan fingerprint density at radius 3 is 2.30 bits per heavy atom. The van der Waals surface area contributed by atoms with Crippen LogP contribution in [-0.2, 0) is 9.59 Å². The van der Waals surface area contributed by atoms with Crippen molar-refractivity contribution in [2.75, 3.05) is 6.67 Å². The molecule has 3 heteroatoms. The van der Waals surface area contributed by atoms with Gasteiger partial charge in [0, 0.05) is 5.92 Å². The highest BCUT2D eigenvalue weighted by atomic mass is 19.1. The van der Waals surface area contributed by atoms with Crippen LogP contribution in [0.1, 0.15) is 13.8 Å². The third kappa shape index (κ3) is 2.25. The lowest BCUT2D eigenvalue weighted by Gasteiger charge is -2.10. The van der Waals surface area contributed by atoms with Crippen molar-refractivity contribution in [3.05, 3.63) is 0 Å². The van der Waals surface area contributed by atoms with E-state index in [1.54, 1.807) is 6.92 Å². The summed E-state index contributed by atoms with van der Waals surface area (Å²) in [6, 6.07) is 0. The van der Waals surface area contributed by atoms with Crippen LogP contribution in [0, 0.1) is 11.8 Å². The second-order valence-electron chi connectivity index (χ2n) is 2.35. The summed E-state index contributed by atoms with van der Waals surface area (Å²) in [6.45, 7) is 2.17. The molecule has 2 nitrogen and oxygen atoms in total. The zero-order valence-electron chi connectivity index (χ0n) is 6.13. The third-order valence-electron chi connectivity index (χ3n) is 1.64. The van der Waals surface area contributed by atoms with Crippen LogP contribution in [0.15, 0.2) is 0 Å². The Labute approximate surface area is 59.4 Å². The summed E-state index contributed by atoms with van der Waals surface area (Å²) in [4.78, 5) is 20.7. The minimum absolute atomic E-state index is 0.144. The van der Waals surface area contributed by atoms with Crippen molar-refractivity contribution in [2.45, 2.75) is 13.8 Å². The molecule has 0 radical (unpaired) electrons. The first-order chi connectivity index (χ1) is 4.63. The first kappa shape index (κ1) is 9.27. The molecule has 10 heavy (non-hydrogen) atoms. The lowest BCUT2D eigenvalue weighted by atomic mass is 9.93. The molecule has 0 rings (SSSR count). The van der Waals surface area contributed by atoms with E-state index in [2.05, 4.69) is 0 Å². The van der Waals surface area contributed by atoms with Crippen molar-refractivity contribution >= 4 is 12.1 Å². The summed E-state index contributed by atoms with van der Waals surface area (Å²) in [5.74, 6) is -1.38. The second-order valence-corrected chi connectivity index (χ2v) is 2.35. The molecule has 0 fully saturated rings. The Hall–Kier alpha value is -0.730. The zero-order chi connectivity index (χ0) is 8.15. The molecule has 2 unspecified atom stereocenters. The summed E-state index contributed by atoms with van der Waals surface area (Å²) in [5, 5.41) is 0. The predicted molar refractivity (Wildman–Crippen MR) is 35.4 cm³/mol. The fraction of sp³-hybridized carbons (Fsp3) is 0.714. The summed E-state index contributed by atoms with van der Waals surface area (Å²) >= 11 is 0. The van der Waals surface area contributed by atoms with Gasteiger partial charge in [-0.15, -0.1) is 0 Å². The monoisotopic (exact) mass is 146 g/mol. The number of halogens is 1. The third-order valence-corrected chi connectivity index (χ3v) is 1.64. The summed E-state index contributed by atoms with van der Waals surface area (Å²) in [6.07, 6.45) is 0.492. The fourth-order valence-electron chi connectivity index (χ4n) is 0.589. The summed E-state index contributed by atoms with van der Waals surface area (Å²) in [7, 11) is 0. The van der Waals surface area contributed by atoms with Crippen molar-refractivity contribution in [1.29, 1.82) is 0 Å². The van der Waals surface area contributed by atoms with Crippen molar-refractivity contribution in [3.8, 4) is 0 Å². The van der Waals surface area contributed by atoms with Crippen LogP contribution >= 0.6 is 0 Å². The van der Waals surface area contributed by atoms with Gasteiger partial charge in [0.2, 0.25) is 0 Å². The van der Waals surface area contributed by atoms with Crippen molar-refractivity contribution in [1.82, 2.24) is 0 Å². The molecule has 0 heterocycles. The normalized spacial score (nSPS) is 15.9. The maximum atomic E-state index is 11.9. The number of rotatable bonds is 4. The van der Waals surface area contributed by atoms with Gasteiger partial charge in [0.15, 0.2) is 0 Å². The van der Waals surface area contributed by atoms with Crippen molar-refractivity contribution in [3.63, 3.8) is 0 Å². The SMILES string of the molecule is CC(=O)C(C)C(C=O)CF. The van der Waals surface area contributed by atoms with Crippen LogP contribution in [0.5, 0.6) is 0 Å². The van der Waals surface area contributed by atoms with E-state index >= 15 is 0 Å². The second kappa shape index (κ2) is 4.14. The number of hydrogen-bond donors (Lipinski definition) is 0. The molecule has 0 aliphatic carbocycles. The van der Waals surface area contributed by atoms with Gasteiger partial charge in [-0.25, -0.2) is 0 Å². The van der Waals surface area contributed by atoms with E-state index < -0.39 is 18.5 Å². The molecule has 0 amide bonds. The number of aldehydes is 1. The van der Waals surface area contributed by atoms with Gasteiger partial charge >= 0.3 is 0 Å². The zero-order valence-corrected chi connectivity index (χ0v) is 6.13. The Morgan fingerprint density at radius 1 is 1.70 bits per heavy atom. The van der Waals surface area contributed by atoms with Crippen LogP contribution in [0.25, 0.3) is 0 Å². The van der Waals surface area contributed by atoms with E-state index in [9.17, 15) is 14.0 Å². The maximum Gasteiger partial charge on any atom is 0.133 e. The van der Waals surface area contributed by atoms with Crippen LogP contribution in [-0.4, -0.2) is 18.7 Å². The Kier molecular flexibility index (Phi) is 3.84. The highest BCUT2D eigenvalue weighted by Gasteiger charge is 2.19. The molecule has 0 aliphatic rings. The molecule has 2 atom stereocenters. The summed E-state index contributed by atoms with van der Waals surface area (Å²) in [5.41, 5.74) is 0. The van der Waals surface area contributed by atoms with Crippen LogP contribution in [0.3, 0.4) is 0 Å². The van der Waals surface area contributed by atoms with E-state index in [4.69, 9.17) is 0 Å². The first-order valence-corrected chi connectivity index (χ1v) is 3.15. The topological polar surface area (TPSA) is 34.1 Å². The molecule has 0 saturated heterocycles. The van der Waals surface area contributed by atoms with Crippen LogP contribution in [0.2, 0.25) is 0 Å². The Bertz CT molecular complexity index is 134. The number of carbonyl (C=O) groups excluding carboxylic acids is 2. The maximum absolute atomic E-state index is 11.9. The summed E-state index contributed by atoms with van der Waals surface area (Å²) < 4.78 is 11.9. The lowest BCUT2D eigenvalue weighted by molar-refractivity contribution is -0.125. The highest BCUT2D eigenvalue weighted by molar-refractivity contribution is 5.81. The molecule has 0 spiro atoms. The highest BCUT2D eigenvalue weighted by Crippen LogP contribution is 2.10. The molecule has 0 aromatic rings. The number of alkyl halides is 1. The predicted octanol–water partition coefficient (Wildman–Crippen LogP) is 0.996. The van der Waals surface area contributed by atoms with Gasteiger partial charge in [0.25, 0.3) is 0 Å². The quantitative estimate of drug-likeness (QED) is 0.554. The van der Waals surface area contributed by atoms with E-state index in [0.29, 0.717) is 6.29 Å². The van der Waals surface area contributed by atoms with E-state index in [0.717, 1.165) is 0 Å². The molecular formula is C7H11FO2. The molecule has 0 aromatic carbocycles. The smallest absolute Gasteiger partial charge is 0.133 e.